The molecular formula is C27H21ClN2O4. The van der Waals surface area contributed by atoms with Crippen molar-refractivity contribution in [2.24, 2.45) is 0 Å². The topological polar surface area (TPSA) is 89.9 Å². The fraction of sp³-hybridized carbons (Fsp3) is 0.185. The van der Waals surface area contributed by atoms with Crippen molar-refractivity contribution in [2.75, 3.05) is 6.54 Å². The van der Waals surface area contributed by atoms with Gasteiger partial charge in [-0.15, -0.1) is 0 Å². The van der Waals surface area contributed by atoms with E-state index in [4.69, 9.17) is 11.6 Å². The molecule has 0 aromatic heterocycles. The molecule has 2 aliphatic heterocycles. The minimum Gasteiger partial charge on any atom is -0.508 e. The van der Waals surface area contributed by atoms with E-state index in [-0.39, 0.29) is 35.6 Å². The van der Waals surface area contributed by atoms with E-state index in [9.17, 15) is 19.8 Å². The molecular weight excluding hydrogens is 452 g/mol. The molecule has 3 aliphatic rings. The minimum absolute atomic E-state index is 0.121. The minimum atomic E-state index is -1.91. The van der Waals surface area contributed by atoms with Crippen molar-refractivity contribution >= 4 is 29.0 Å². The molecule has 0 bridgehead atoms. The van der Waals surface area contributed by atoms with E-state index in [0.717, 1.165) is 5.56 Å². The van der Waals surface area contributed by atoms with Crippen LogP contribution in [0.5, 0.6) is 5.75 Å². The largest absolute Gasteiger partial charge is 0.508 e. The van der Waals surface area contributed by atoms with Crippen molar-refractivity contribution in [3.05, 3.63) is 105 Å². The first-order chi connectivity index (χ1) is 16.3. The Morgan fingerprint density at radius 2 is 1.68 bits per heavy atom. The predicted octanol–water partition coefficient (Wildman–Crippen LogP) is 4.03. The number of rotatable bonds is 1. The zero-order chi connectivity index (χ0) is 23.8. The second-order valence-electron chi connectivity index (χ2n) is 9.03. The maximum Gasteiger partial charge on any atom is 0.256 e. The number of fused-ring (bicyclic) bond motifs is 5. The fourth-order valence-corrected chi connectivity index (χ4v) is 5.78. The van der Waals surface area contributed by atoms with E-state index in [2.05, 4.69) is 5.32 Å². The van der Waals surface area contributed by atoms with Gasteiger partial charge < -0.3 is 20.4 Å². The summed E-state index contributed by atoms with van der Waals surface area (Å²) in [5.74, 6) is -1.80. The number of phenols is 1. The lowest BCUT2D eigenvalue weighted by molar-refractivity contribution is -0.100. The molecule has 3 N–H and O–H groups in total. The summed E-state index contributed by atoms with van der Waals surface area (Å²) < 4.78 is 0. The Labute approximate surface area is 201 Å². The molecule has 3 aromatic carbocycles. The van der Waals surface area contributed by atoms with Gasteiger partial charge in [-0.05, 0) is 31.2 Å². The monoisotopic (exact) mass is 472 g/mol. The van der Waals surface area contributed by atoms with Gasteiger partial charge in [-0.3, -0.25) is 9.59 Å². The van der Waals surface area contributed by atoms with Crippen molar-refractivity contribution in [3.63, 3.8) is 0 Å². The van der Waals surface area contributed by atoms with Gasteiger partial charge >= 0.3 is 0 Å². The van der Waals surface area contributed by atoms with E-state index >= 15 is 0 Å². The molecule has 3 atom stereocenters. The zero-order valence-electron chi connectivity index (χ0n) is 18.2. The van der Waals surface area contributed by atoms with Crippen LogP contribution in [-0.4, -0.2) is 39.4 Å². The third kappa shape index (κ3) is 2.67. The SMILES string of the molecule is C[C@H]1CN2C(=O)c3ccccc3[C@@]2(O)[C@H](c2cc(Cl)ccc2O)C2=C(N1)c1ccccc1C2=O. The first-order valence-electron chi connectivity index (χ1n) is 11.1. The van der Waals surface area contributed by atoms with Crippen LogP contribution in [0.1, 0.15) is 50.2 Å². The van der Waals surface area contributed by atoms with Crippen LogP contribution in [0.2, 0.25) is 5.02 Å². The van der Waals surface area contributed by atoms with E-state index in [1.54, 1.807) is 48.5 Å². The van der Waals surface area contributed by atoms with Crippen molar-refractivity contribution in [2.45, 2.75) is 24.6 Å². The van der Waals surface area contributed by atoms with Gasteiger partial charge in [0.1, 0.15) is 5.75 Å². The molecule has 6 nitrogen and oxygen atoms in total. The van der Waals surface area contributed by atoms with Crippen LogP contribution in [0.15, 0.2) is 72.3 Å². The summed E-state index contributed by atoms with van der Waals surface area (Å²) in [4.78, 5) is 28.8. The number of hydrogen-bond donors (Lipinski definition) is 3. The van der Waals surface area contributed by atoms with Crippen molar-refractivity contribution in [1.29, 1.82) is 0 Å². The van der Waals surface area contributed by atoms with E-state index < -0.39 is 11.6 Å². The highest BCUT2D eigenvalue weighted by molar-refractivity contribution is 6.30. The third-order valence-corrected chi connectivity index (χ3v) is 7.24. The van der Waals surface area contributed by atoms with Gasteiger partial charge in [0.25, 0.3) is 5.91 Å². The summed E-state index contributed by atoms with van der Waals surface area (Å²) in [6.07, 6.45) is 0. The van der Waals surface area contributed by atoms with Gasteiger partial charge in [-0.1, -0.05) is 54.1 Å². The molecule has 0 unspecified atom stereocenters. The Morgan fingerprint density at radius 3 is 2.44 bits per heavy atom. The van der Waals surface area contributed by atoms with Crippen molar-refractivity contribution in [1.82, 2.24) is 10.2 Å². The number of Topliss-reactive ketones (excluding diaryl/α,β-unsaturated/α-hetero) is 1. The van der Waals surface area contributed by atoms with Crippen molar-refractivity contribution in [3.8, 4) is 5.75 Å². The standard InChI is InChI=1S/C27H21ClN2O4/c1-14-13-30-26(33)18-8-4-5-9-20(18)27(30,34)23(19-12-15(28)10-11-21(19)31)22-24(29-14)16-6-2-3-7-17(16)25(22)32/h2-12,14,23,29,31,34H,13H2,1H3/t14-,23+,27+/m0/s1. The molecule has 0 saturated carbocycles. The third-order valence-electron chi connectivity index (χ3n) is 7.00. The normalized spacial score (nSPS) is 25.2. The van der Waals surface area contributed by atoms with Gasteiger partial charge in [-0.25, -0.2) is 0 Å². The second kappa shape index (κ2) is 7.19. The molecule has 34 heavy (non-hydrogen) atoms. The van der Waals surface area contributed by atoms with Crippen LogP contribution >= 0.6 is 11.6 Å². The molecule has 170 valence electrons. The molecule has 3 aromatic rings. The lowest BCUT2D eigenvalue weighted by Gasteiger charge is -2.44. The number of aromatic hydroxyl groups is 1. The highest BCUT2D eigenvalue weighted by atomic mass is 35.5. The quantitative estimate of drug-likeness (QED) is 0.497. The molecule has 6 rings (SSSR count). The molecule has 1 amide bonds. The highest BCUT2D eigenvalue weighted by Gasteiger charge is 2.58. The Balaban J connectivity index is 1.73. The molecule has 0 saturated heterocycles. The number of benzene rings is 3. The Kier molecular flexibility index (Phi) is 4.43. The molecule has 1 aliphatic carbocycles. The lowest BCUT2D eigenvalue weighted by Crippen LogP contribution is -2.54. The number of carbonyl (C=O) groups excluding carboxylic acids is 2. The number of hydrogen-bond acceptors (Lipinski definition) is 5. The van der Waals surface area contributed by atoms with Crippen LogP contribution in [0.25, 0.3) is 5.70 Å². The number of carbonyl (C=O) groups is 2. The summed E-state index contributed by atoms with van der Waals surface area (Å²) in [5.41, 5.74) is 1.26. The number of amides is 1. The molecule has 0 fully saturated rings. The number of phenolic OH excluding ortho intramolecular Hbond substituents is 1. The highest BCUT2D eigenvalue weighted by Crippen LogP contribution is 2.55. The summed E-state index contributed by atoms with van der Waals surface area (Å²) in [7, 11) is 0. The second-order valence-corrected chi connectivity index (χ2v) is 9.47. The van der Waals surface area contributed by atoms with Gasteiger partial charge in [0.05, 0.1) is 11.6 Å². The van der Waals surface area contributed by atoms with E-state index in [0.29, 0.717) is 33.0 Å². The average molecular weight is 473 g/mol. The van der Waals surface area contributed by atoms with Crippen LogP contribution in [0.4, 0.5) is 0 Å². The summed E-state index contributed by atoms with van der Waals surface area (Å²) >= 11 is 6.33. The van der Waals surface area contributed by atoms with Crippen LogP contribution in [0, 0.1) is 0 Å². The van der Waals surface area contributed by atoms with Crippen LogP contribution < -0.4 is 5.32 Å². The first-order valence-corrected chi connectivity index (χ1v) is 11.5. The number of halogens is 1. The van der Waals surface area contributed by atoms with Gasteiger partial charge in [0.2, 0.25) is 0 Å². The van der Waals surface area contributed by atoms with E-state index in [1.807, 2.05) is 19.1 Å². The Bertz CT molecular complexity index is 1430. The molecule has 7 heteroatoms. The van der Waals surface area contributed by atoms with Crippen molar-refractivity contribution < 1.29 is 19.8 Å². The Hall–Kier alpha value is -3.61. The number of nitrogens with one attached hydrogen (secondary N) is 1. The zero-order valence-corrected chi connectivity index (χ0v) is 19.0. The maximum absolute atomic E-state index is 13.9. The fourth-order valence-electron chi connectivity index (χ4n) is 5.60. The molecule has 0 spiro atoms. The van der Waals surface area contributed by atoms with Crippen LogP contribution in [0.3, 0.4) is 0 Å². The molecule has 2 heterocycles. The smallest absolute Gasteiger partial charge is 0.256 e. The summed E-state index contributed by atoms with van der Waals surface area (Å²) in [6.45, 7) is 2.10. The number of aliphatic hydroxyl groups is 1. The number of ketones is 1. The average Bonchev–Trinajstić information content (AvgIpc) is 3.20. The predicted molar refractivity (Wildman–Crippen MR) is 128 cm³/mol. The van der Waals surface area contributed by atoms with E-state index in [1.165, 1.54) is 11.0 Å². The lowest BCUT2D eigenvalue weighted by atomic mass is 9.76. The summed E-state index contributed by atoms with van der Waals surface area (Å²) in [5, 5.41) is 27.3. The first kappa shape index (κ1) is 21.0. The van der Waals surface area contributed by atoms with Gasteiger partial charge in [0, 0.05) is 51.0 Å². The maximum atomic E-state index is 13.9. The van der Waals surface area contributed by atoms with Gasteiger partial charge in [0.15, 0.2) is 11.5 Å². The van der Waals surface area contributed by atoms with Gasteiger partial charge in [-0.2, -0.15) is 0 Å². The number of nitrogens with zero attached hydrogens (tertiary/aromatic N) is 1. The molecule has 0 radical (unpaired) electrons. The summed E-state index contributed by atoms with van der Waals surface area (Å²) in [6, 6.07) is 18.4. The Morgan fingerprint density at radius 1 is 1.00 bits per heavy atom. The van der Waals surface area contributed by atoms with Crippen LogP contribution in [-0.2, 0) is 5.72 Å².